The highest BCUT2D eigenvalue weighted by atomic mass is 35.5. The Balaban J connectivity index is 1.54. The summed E-state index contributed by atoms with van der Waals surface area (Å²) in [6.07, 6.45) is 5.28. The molecule has 5 nitrogen and oxygen atoms in total. The molecule has 3 aromatic rings. The van der Waals surface area contributed by atoms with Crippen LogP contribution in [0.3, 0.4) is 0 Å². The molecule has 1 unspecified atom stereocenters. The van der Waals surface area contributed by atoms with Crippen LogP contribution in [0.1, 0.15) is 17.7 Å². The second kappa shape index (κ2) is 7.68. The van der Waals surface area contributed by atoms with Crippen LogP contribution < -0.4 is 9.64 Å². The first-order valence-electron chi connectivity index (χ1n) is 9.30. The Morgan fingerprint density at radius 2 is 2.00 bits per heavy atom. The third-order valence-corrected chi connectivity index (χ3v) is 5.43. The molecule has 28 heavy (non-hydrogen) atoms. The molecule has 1 amide bonds. The van der Waals surface area contributed by atoms with Crippen LogP contribution in [0.4, 0.5) is 5.69 Å². The number of benzene rings is 2. The van der Waals surface area contributed by atoms with Crippen LogP contribution in [0.25, 0.3) is 5.69 Å². The Kier molecular flexibility index (Phi) is 5.09. The monoisotopic (exact) mass is 395 g/mol. The third kappa shape index (κ3) is 3.62. The number of hydrogen-bond acceptors (Lipinski definition) is 3. The molecule has 0 aliphatic carbocycles. The summed E-state index contributed by atoms with van der Waals surface area (Å²) in [5.74, 6) is 0.857. The van der Waals surface area contributed by atoms with Gasteiger partial charge in [-0.05, 0) is 49.6 Å². The first-order valence-corrected chi connectivity index (χ1v) is 9.68. The van der Waals surface area contributed by atoms with E-state index in [4.69, 9.17) is 16.3 Å². The molecule has 0 radical (unpaired) electrons. The minimum absolute atomic E-state index is 0.0110. The lowest BCUT2D eigenvalue weighted by Crippen LogP contribution is -2.27. The van der Waals surface area contributed by atoms with Gasteiger partial charge in [0.15, 0.2) is 0 Å². The fourth-order valence-corrected chi connectivity index (χ4v) is 3.82. The summed E-state index contributed by atoms with van der Waals surface area (Å²) in [5, 5.41) is 0.711. The fourth-order valence-electron chi connectivity index (χ4n) is 3.69. The van der Waals surface area contributed by atoms with E-state index in [9.17, 15) is 4.79 Å². The number of amides is 1. The van der Waals surface area contributed by atoms with Crippen LogP contribution in [-0.2, 0) is 11.2 Å². The molecule has 0 N–H and O–H groups in total. The molecule has 0 spiro atoms. The van der Waals surface area contributed by atoms with Gasteiger partial charge in [-0.2, -0.15) is 0 Å². The van der Waals surface area contributed by atoms with Crippen molar-refractivity contribution in [1.82, 2.24) is 9.55 Å². The zero-order valence-corrected chi connectivity index (χ0v) is 16.7. The van der Waals surface area contributed by atoms with E-state index in [1.54, 1.807) is 13.4 Å². The van der Waals surface area contributed by atoms with Gasteiger partial charge in [-0.25, -0.2) is 4.98 Å². The number of imidazole rings is 1. The second-order valence-electron chi connectivity index (χ2n) is 7.08. The van der Waals surface area contributed by atoms with Gasteiger partial charge in [-0.3, -0.25) is 4.79 Å². The van der Waals surface area contributed by atoms with Gasteiger partial charge in [-0.1, -0.05) is 23.7 Å². The predicted molar refractivity (Wildman–Crippen MR) is 110 cm³/mol. The number of rotatable bonds is 5. The number of halogens is 1. The average Bonchev–Trinajstić information content (AvgIpc) is 3.29. The summed E-state index contributed by atoms with van der Waals surface area (Å²) in [6, 6.07) is 13.6. The molecule has 6 heteroatoms. The van der Waals surface area contributed by atoms with Crippen molar-refractivity contribution in [3.8, 4) is 11.4 Å². The van der Waals surface area contributed by atoms with Gasteiger partial charge in [0.25, 0.3) is 0 Å². The lowest BCUT2D eigenvalue weighted by molar-refractivity contribution is -0.120. The van der Waals surface area contributed by atoms with E-state index >= 15 is 0 Å². The van der Waals surface area contributed by atoms with E-state index in [0.717, 1.165) is 35.5 Å². The predicted octanol–water partition coefficient (Wildman–Crippen LogP) is 4.44. The maximum atomic E-state index is 13.0. The number of nitrogens with zero attached hydrogens (tertiary/aromatic N) is 3. The number of aryl methyl sites for hydroxylation is 1. The normalized spacial score (nSPS) is 16.6. The maximum Gasteiger partial charge on any atom is 0.230 e. The highest BCUT2D eigenvalue weighted by Crippen LogP contribution is 2.33. The van der Waals surface area contributed by atoms with Crippen molar-refractivity contribution in [2.45, 2.75) is 19.8 Å². The van der Waals surface area contributed by atoms with Crippen LogP contribution in [0.15, 0.2) is 55.0 Å². The summed E-state index contributed by atoms with van der Waals surface area (Å²) >= 11 is 5.95. The van der Waals surface area contributed by atoms with Crippen molar-refractivity contribution in [2.75, 3.05) is 18.6 Å². The number of methoxy groups -OCH3 is 1. The highest BCUT2D eigenvalue weighted by Gasteiger charge is 2.32. The van der Waals surface area contributed by atoms with E-state index in [-0.39, 0.29) is 11.8 Å². The van der Waals surface area contributed by atoms with Gasteiger partial charge < -0.3 is 14.2 Å². The van der Waals surface area contributed by atoms with E-state index in [1.807, 2.05) is 65.1 Å². The smallest absolute Gasteiger partial charge is 0.230 e. The van der Waals surface area contributed by atoms with E-state index in [2.05, 4.69) is 4.98 Å². The summed E-state index contributed by atoms with van der Waals surface area (Å²) in [5.41, 5.74) is 3.83. The van der Waals surface area contributed by atoms with Crippen LogP contribution in [0.5, 0.6) is 5.75 Å². The van der Waals surface area contributed by atoms with Gasteiger partial charge in [-0.15, -0.1) is 0 Å². The molecule has 1 saturated heterocycles. The molecular weight excluding hydrogens is 374 g/mol. The number of hydrogen-bond donors (Lipinski definition) is 0. The molecule has 2 heterocycles. The van der Waals surface area contributed by atoms with Gasteiger partial charge in [0.2, 0.25) is 5.91 Å². The van der Waals surface area contributed by atoms with E-state index in [1.165, 1.54) is 0 Å². The molecule has 4 rings (SSSR count). The summed E-state index contributed by atoms with van der Waals surface area (Å²) in [4.78, 5) is 19.1. The molecule has 1 aliphatic rings. The Morgan fingerprint density at radius 3 is 2.68 bits per heavy atom. The Hall–Kier alpha value is -2.79. The minimum atomic E-state index is -0.0110. The number of anilines is 1. The van der Waals surface area contributed by atoms with Crippen LogP contribution in [0, 0.1) is 12.8 Å². The number of ether oxygens (including phenoxy) is 1. The molecule has 2 aromatic carbocycles. The topological polar surface area (TPSA) is 47.4 Å². The summed E-state index contributed by atoms with van der Waals surface area (Å²) in [7, 11) is 1.64. The zero-order valence-electron chi connectivity index (χ0n) is 15.9. The molecule has 0 saturated carbocycles. The Labute approximate surface area is 169 Å². The number of carbonyl (C=O) groups is 1. The SMILES string of the molecule is COc1cc(N2CCC(Cc3ccc(Cl)cc3)C2=O)ccc1-n1cnc(C)c1. The first-order chi connectivity index (χ1) is 13.5. The van der Waals surface area contributed by atoms with Crippen molar-refractivity contribution >= 4 is 23.2 Å². The van der Waals surface area contributed by atoms with Gasteiger partial charge in [0.1, 0.15) is 5.75 Å². The zero-order chi connectivity index (χ0) is 19.7. The fraction of sp³-hybridized carbons (Fsp3) is 0.273. The van der Waals surface area contributed by atoms with Crippen LogP contribution in [-0.4, -0.2) is 29.1 Å². The average molecular weight is 396 g/mol. The number of carbonyl (C=O) groups excluding carboxylic acids is 1. The molecule has 1 aliphatic heterocycles. The molecular formula is C22H22ClN3O2. The lowest BCUT2D eigenvalue weighted by Gasteiger charge is -2.19. The van der Waals surface area contributed by atoms with Gasteiger partial charge in [0, 0.05) is 35.4 Å². The Bertz CT molecular complexity index is 997. The molecule has 1 aromatic heterocycles. The summed E-state index contributed by atoms with van der Waals surface area (Å²) < 4.78 is 7.50. The lowest BCUT2D eigenvalue weighted by atomic mass is 9.98. The third-order valence-electron chi connectivity index (χ3n) is 5.18. The highest BCUT2D eigenvalue weighted by molar-refractivity contribution is 6.30. The van der Waals surface area contributed by atoms with Crippen molar-refractivity contribution in [2.24, 2.45) is 5.92 Å². The number of aromatic nitrogens is 2. The largest absolute Gasteiger partial charge is 0.494 e. The summed E-state index contributed by atoms with van der Waals surface area (Å²) in [6.45, 7) is 2.66. The van der Waals surface area contributed by atoms with Crippen molar-refractivity contribution in [1.29, 1.82) is 0 Å². The van der Waals surface area contributed by atoms with Crippen molar-refractivity contribution in [3.05, 3.63) is 71.3 Å². The quantitative estimate of drug-likeness (QED) is 0.641. The molecule has 0 bridgehead atoms. The molecule has 1 fully saturated rings. The maximum absolute atomic E-state index is 13.0. The second-order valence-corrected chi connectivity index (χ2v) is 7.52. The minimum Gasteiger partial charge on any atom is -0.494 e. The first kappa shape index (κ1) is 18.6. The van der Waals surface area contributed by atoms with E-state index < -0.39 is 0 Å². The van der Waals surface area contributed by atoms with Crippen LogP contribution >= 0.6 is 11.6 Å². The van der Waals surface area contributed by atoms with Crippen molar-refractivity contribution in [3.63, 3.8) is 0 Å². The van der Waals surface area contributed by atoms with E-state index in [0.29, 0.717) is 17.3 Å². The Morgan fingerprint density at radius 1 is 1.21 bits per heavy atom. The van der Waals surface area contributed by atoms with Gasteiger partial charge in [0.05, 0.1) is 24.8 Å². The molecule has 144 valence electrons. The standard InChI is InChI=1S/C22H22ClN3O2/c1-15-13-25(14-24-15)20-8-7-19(12-21(20)28-2)26-10-9-17(22(26)27)11-16-3-5-18(23)6-4-16/h3-8,12-14,17H,9-11H2,1-2H3. The van der Waals surface area contributed by atoms with Gasteiger partial charge >= 0.3 is 0 Å². The van der Waals surface area contributed by atoms with Crippen LogP contribution in [0.2, 0.25) is 5.02 Å². The molecule has 1 atom stereocenters. The van der Waals surface area contributed by atoms with Crippen molar-refractivity contribution < 1.29 is 9.53 Å².